The fourth-order valence-electron chi connectivity index (χ4n) is 5.48. The molecule has 44 heavy (non-hydrogen) atoms. The van der Waals surface area contributed by atoms with Crippen molar-refractivity contribution in [1.82, 2.24) is 25.4 Å². The van der Waals surface area contributed by atoms with Crippen LogP contribution in [0.3, 0.4) is 0 Å². The smallest absolute Gasteiger partial charge is 0.251 e. The Kier molecular flexibility index (Phi) is 9.91. The normalized spacial score (nSPS) is 13.4. The Morgan fingerprint density at radius 1 is 1.07 bits per heavy atom. The molecule has 1 aliphatic rings. The maximum atomic E-state index is 13.4. The van der Waals surface area contributed by atoms with Crippen LogP contribution in [-0.2, 0) is 30.8 Å². The summed E-state index contributed by atoms with van der Waals surface area (Å²) in [6.07, 6.45) is 6.09. The number of methoxy groups -OCH3 is 1. The number of anilines is 1. The van der Waals surface area contributed by atoms with Crippen molar-refractivity contribution in [2.75, 3.05) is 25.6 Å². The maximum Gasteiger partial charge on any atom is 0.251 e. The lowest BCUT2D eigenvalue weighted by Crippen LogP contribution is -2.30. The molecule has 230 valence electrons. The Labute approximate surface area is 257 Å². The van der Waals surface area contributed by atoms with Crippen molar-refractivity contribution in [2.24, 2.45) is 0 Å². The first-order valence-corrected chi connectivity index (χ1v) is 15.1. The predicted molar refractivity (Wildman–Crippen MR) is 172 cm³/mol. The molecule has 0 unspecified atom stereocenters. The van der Waals surface area contributed by atoms with Gasteiger partial charge in [-0.25, -0.2) is 9.67 Å². The van der Waals surface area contributed by atoms with Crippen LogP contribution in [0.4, 0.5) is 5.69 Å². The number of nitrogens with one attached hydrogen (secondary N) is 3. The number of aromatic nitrogens is 3. The molecule has 0 saturated carbocycles. The van der Waals surface area contributed by atoms with Crippen molar-refractivity contribution >= 4 is 34.6 Å². The molecule has 3 heterocycles. The van der Waals surface area contributed by atoms with Crippen LogP contribution in [0.2, 0.25) is 0 Å². The quantitative estimate of drug-likeness (QED) is 0.208. The molecule has 0 spiro atoms. The van der Waals surface area contributed by atoms with E-state index in [0.717, 1.165) is 51.9 Å². The number of fused-ring (bicyclic) bond motifs is 1. The lowest BCUT2D eigenvalue weighted by molar-refractivity contribution is 0.0904. The molecule has 0 bridgehead atoms. The van der Waals surface area contributed by atoms with E-state index >= 15 is 0 Å². The van der Waals surface area contributed by atoms with Crippen LogP contribution < -0.4 is 20.7 Å². The number of amides is 2. The minimum atomic E-state index is -0.276. The molecule has 0 radical (unpaired) electrons. The molecule has 1 aliphatic heterocycles. The fourth-order valence-corrected chi connectivity index (χ4v) is 5.48. The van der Waals surface area contributed by atoms with E-state index in [-0.39, 0.29) is 24.4 Å². The molecule has 4 aromatic rings. The molecule has 10 nitrogen and oxygen atoms in total. The van der Waals surface area contributed by atoms with Gasteiger partial charge in [0, 0.05) is 61.3 Å². The van der Waals surface area contributed by atoms with Crippen LogP contribution in [0.15, 0.2) is 55.2 Å². The van der Waals surface area contributed by atoms with E-state index in [4.69, 9.17) is 14.5 Å². The van der Waals surface area contributed by atoms with Gasteiger partial charge >= 0.3 is 0 Å². The molecule has 0 aliphatic carbocycles. The highest BCUT2D eigenvalue weighted by atomic mass is 16.5. The topological polar surface area (TPSA) is 119 Å². The summed E-state index contributed by atoms with van der Waals surface area (Å²) in [4.78, 5) is 31.4. The summed E-state index contributed by atoms with van der Waals surface area (Å²) in [6.45, 7) is 10.7. The summed E-state index contributed by atoms with van der Waals surface area (Å²) in [5, 5.41) is 15.3. The van der Waals surface area contributed by atoms with E-state index in [1.807, 2.05) is 36.0 Å². The van der Waals surface area contributed by atoms with E-state index in [1.165, 1.54) is 0 Å². The summed E-state index contributed by atoms with van der Waals surface area (Å²) in [7, 11) is 1.60. The molecule has 2 amide bonds. The van der Waals surface area contributed by atoms with Crippen molar-refractivity contribution in [3.8, 4) is 5.75 Å². The number of rotatable bonds is 12. The zero-order valence-corrected chi connectivity index (χ0v) is 25.6. The zero-order valence-electron chi connectivity index (χ0n) is 25.6. The Morgan fingerprint density at radius 3 is 2.45 bits per heavy atom. The number of ether oxygens (including phenoxy) is 2. The first-order valence-electron chi connectivity index (χ1n) is 15.1. The number of aryl methyl sites for hydroxylation is 2. The third-order valence-corrected chi connectivity index (χ3v) is 7.90. The van der Waals surface area contributed by atoms with Crippen molar-refractivity contribution in [3.05, 3.63) is 88.8 Å². The van der Waals surface area contributed by atoms with Gasteiger partial charge in [-0.3, -0.25) is 9.59 Å². The van der Waals surface area contributed by atoms with E-state index in [2.05, 4.69) is 34.6 Å². The van der Waals surface area contributed by atoms with Crippen LogP contribution in [0.25, 0.3) is 17.1 Å². The van der Waals surface area contributed by atoms with Gasteiger partial charge in [-0.05, 0) is 73.7 Å². The first kappa shape index (κ1) is 30.7. The third kappa shape index (κ3) is 6.92. The van der Waals surface area contributed by atoms with E-state index in [9.17, 15) is 9.59 Å². The van der Waals surface area contributed by atoms with Gasteiger partial charge in [0.05, 0.1) is 24.4 Å². The number of hydrogen-bond acceptors (Lipinski definition) is 7. The van der Waals surface area contributed by atoms with E-state index in [1.54, 1.807) is 37.5 Å². The minimum Gasteiger partial charge on any atom is -0.497 e. The molecular weight excluding hydrogens is 556 g/mol. The van der Waals surface area contributed by atoms with Crippen LogP contribution in [0, 0.1) is 0 Å². The van der Waals surface area contributed by atoms with Gasteiger partial charge in [-0.2, -0.15) is 5.10 Å². The summed E-state index contributed by atoms with van der Waals surface area (Å²) in [5.41, 5.74) is 6.24. The van der Waals surface area contributed by atoms with Gasteiger partial charge in [0.25, 0.3) is 11.8 Å². The van der Waals surface area contributed by atoms with Crippen molar-refractivity contribution in [1.29, 1.82) is 0 Å². The van der Waals surface area contributed by atoms with Crippen LogP contribution in [0.1, 0.15) is 69.8 Å². The van der Waals surface area contributed by atoms with Gasteiger partial charge < -0.3 is 25.4 Å². The number of benzene rings is 2. The van der Waals surface area contributed by atoms with E-state index in [0.29, 0.717) is 49.6 Å². The van der Waals surface area contributed by atoms with Crippen LogP contribution >= 0.6 is 0 Å². The van der Waals surface area contributed by atoms with Gasteiger partial charge in [-0.1, -0.05) is 25.6 Å². The monoisotopic (exact) mass is 596 g/mol. The van der Waals surface area contributed by atoms with Gasteiger partial charge in [0.2, 0.25) is 0 Å². The average molecular weight is 597 g/mol. The van der Waals surface area contributed by atoms with Gasteiger partial charge in [0.15, 0.2) is 5.65 Å². The minimum absolute atomic E-state index is 0.258. The summed E-state index contributed by atoms with van der Waals surface area (Å²) in [5.74, 6) is 0.143. The van der Waals surface area contributed by atoms with E-state index < -0.39 is 0 Å². The zero-order chi connectivity index (χ0) is 31.1. The summed E-state index contributed by atoms with van der Waals surface area (Å²) >= 11 is 0. The number of hydrogen-bond donors (Lipinski definition) is 3. The van der Waals surface area contributed by atoms with Crippen LogP contribution in [-0.4, -0.2) is 52.9 Å². The molecule has 1 saturated heterocycles. The lowest BCUT2D eigenvalue weighted by Gasteiger charge is -2.26. The second-order valence-corrected chi connectivity index (χ2v) is 10.8. The summed E-state index contributed by atoms with van der Waals surface area (Å²) < 4.78 is 12.8. The fraction of sp³-hybridized carbons (Fsp3) is 0.353. The molecular formula is C34H40N6O4. The number of carbonyl (C=O) groups is 2. The van der Waals surface area contributed by atoms with Crippen molar-refractivity contribution in [2.45, 2.75) is 58.8 Å². The largest absolute Gasteiger partial charge is 0.497 e. The Balaban J connectivity index is 1.32. The second kappa shape index (κ2) is 14.2. The molecule has 0 atom stereocenters. The molecule has 2 aromatic carbocycles. The van der Waals surface area contributed by atoms with Gasteiger partial charge in [0.1, 0.15) is 5.75 Å². The van der Waals surface area contributed by atoms with Crippen molar-refractivity contribution < 1.29 is 19.1 Å². The summed E-state index contributed by atoms with van der Waals surface area (Å²) in [6, 6.07) is 12.7. The standard InChI is InChI=1S/C34H40N6O4/c1-5-22-15-23(17-27(16-22)43-4)19-35-33(41)24-9-8-10-25(18-24)34(42)36-20-28-30(6-2)39-32-29(21-37-40(32)7-3)31(28)38-26-11-13-44-14-12-26/h5,8-10,15-18,21,26H,1,6-7,11-14,19-20H2,2-4H3,(H,35,41)(H,36,42)(H,38,39). The molecule has 2 aromatic heterocycles. The number of carbonyl (C=O) groups excluding carboxylic acids is 2. The predicted octanol–water partition coefficient (Wildman–Crippen LogP) is 5.12. The Morgan fingerprint density at radius 2 is 1.80 bits per heavy atom. The highest BCUT2D eigenvalue weighted by molar-refractivity contribution is 6.00. The lowest BCUT2D eigenvalue weighted by atomic mass is 10.0. The average Bonchev–Trinajstić information content (AvgIpc) is 3.49. The van der Waals surface area contributed by atoms with Crippen molar-refractivity contribution in [3.63, 3.8) is 0 Å². The highest BCUT2D eigenvalue weighted by Gasteiger charge is 2.22. The Bertz CT molecular complexity index is 1660. The SMILES string of the molecule is C=Cc1cc(CNC(=O)c2cccc(C(=O)NCc3c(CC)nc4c(cnn4CC)c3NC3CCOCC3)c2)cc(OC)c1. The molecule has 10 heteroatoms. The number of pyridine rings is 1. The first-order chi connectivity index (χ1) is 21.4. The maximum absolute atomic E-state index is 13.4. The molecule has 1 fully saturated rings. The third-order valence-electron chi connectivity index (χ3n) is 7.90. The molecule has 3 N–H and O–H groups in total. The van der Waals surface area contributed by atoms with Crippen LogP contribution in [0.5, 0.6) is 5.75 Å². The Hall–Kier alpha value is -4.70. The number of nitrogens with zero attached hydrogens (tertiary/aromatic N) is 3. The van der Waals surface area contributed by atoms with Gasteiger partial charge in [-0.15, -0.1) is 0 Å². The second-order valence-electron chi connectivity index (χ2n) is 10.8. The highest BCUT2D eigenvalue weighted by Crippen LogP contribution is 2.31. The molecule has 5 rings (SSSR count).